The summed E-state index contributed by atoms with van der Waals surface area (Å²) < 4.78 is 5.57. The van der Waals surface area contributed by atoms with E-state index in [0.29, 0.717) is 18.8 Å². The minimum atomic E-state index is -1.05. The highest BCUT2D eigenvalue weighted by Gasteiger charge is 2.13. The molecule has 1 rings (SSSR count). The third kappa shape index (κ3) is 5.63. The Hall–Kier alpha value is -1.75. The Morgan fingerprint density at radius 1 is 1.33 bits per heavy atom. The lowest BCUT2D eigenvalue weighted by Gasteiger charge is -2.11. The molecule has 1 amide bonds. The van der Waals surface area contributed by atoms with E-state index in [1.54, 1.807) is 0 Å². The maximum absolute atomic E-state index is 11.5. The van der Waals surface area contributed by atoms with E-state index >= 15 is 0 Å². The SMILES string of the molecule is Cc1cc(OCCCC(=O)NC(C)C(=O)O)cc(C)c1Cl. The fourth-order valence-corrected chi connectivity index (χ4v) is 1.90. The van der Waals surface area contributed by atoms with Gasteiger partial charge in [0.15, 0.2) is 0 Å². The van der Waals surface area contributed by atoms with Crippen LogP contribution in [0.15, 0.2) is 12.1 Å². The summed E-state index contributed by atoms with van der Waals surface area (Å²) in [5, 5.41) is 11.8. The molecule has 0 spiro atoms. The third-order valence-electron chi connectivity index (χ3n) is 2.97. The Morgan fingerprint density at radius 2 is 1.90 bits per heavy atom. The van der Waals surface area contributed by atoms with Crippen LogP contribution in [0.1, 0.15) is 30.9 Å². The van der Waals surface area contributed by atoms with Crippen molar-refractivity contribution in [2.75, 3.05) is 6.61 Å². The van der Waals surface area contributed by atoms with Gasteiger partial charge in [0.1, 0.15) is 11.8 Å². The van der Waals surface area contributed by atoms with Gasteiger partial charge in [0.05, 0.1) is 6.61 Å². The largest absolute Gasteiger partial charge is 0.494 e. The topological polar surface area (TPSA) is 75.6 Å². The number of carbonyl (C=O) groups excluding carboxylic acids is 1. The number of aryl methyl sites for hydroxylation is 2. The zero-order chi connectivity index (χ0) is 16.0. The summed E-state index contributed by atoms with van der Waals surface area (Å²) >= 11 is 6.07. The fraction of sp³-hybridized carbons (Fsp3) is 0.467. The van der Waals surface area contributed by atoms with Gasteiger partial charge in [-0.3, -0.25) is 9.59 Å². The predicted octanol–water partition coefficient (Wildman–Crippen LogP) is 2.71. The van der Waals surface area contributed by atoms with E-state index in [0.717, 1.165) is 16.1 Å². The smallest absolute Gasteiger partial charge is 0.325 e. The number of carboxylic acid groups (broad SMARTS) is 1. The molecule has 0 aromatic heterocycles. The lowest BCUT2D eigenvalue weighted by molar-refractivity contribution is -0.141. The molecule has 0 fully saturated rings. The van der Waals surface area contributed by atoms with E-state index < -0.39 is 12.0 Å². The highest BCUT2D eigenvalue weighted by Crippen LogP contribution is 2.25. The normalized spacial score (nSPS) is 11.8. The molecule has 2 N–H and O–H groups in total. The molecule has 0 aliphatic heterocycles. The first kappa shape index (κ1) is 17.3. The molecule has 1 aromatic carbocycles. The molecule has 0 saturated carbocycles. The van der Waals surface area contributed by atoms with Crippen LogP contribution in [0.2, 0.25) is 5.02 Å². The molecule has 0 saturated heterocycles. The van der Waals surface area contributed by atoms with Crippen molar-refractivity contribution in [2.24, 2.45) is 0 Å². The molecule has 0 aliphatic rings. The van der Waals surface area contributed by atoms with E-state index in [1.165, 1.54) is 6.92 Å². The zero-order valence-corrected chi connectivity index (χ0v) is 13.2. The summed E-state index contributed by atoms with van der Waals surface area (Å²) in [4.78, 5) is 22.1. The summed E-state index contributed by atoms with van der Waals surface area (Å²) in [7, 11) is 0. The van der Waals surface area contributed by atoms with Gasteiger partial charge in [0, 0.05) is 11.4 Å². The van der Waals surface area contributed by atoms with Crippen molar-refractivity contribution in [1.29, 1.82) is 0 Å². The lowest BCUT2D eigenvalue weighted by atomic mass is 10.1. The Morgan fingerprint density at radius 3 is 2.43 bits per heavy atom. The van der Waals surface area contributed by atoms with Crippen molar-refractivity contribution >= 4 is 23.5 Å². The van der Waals surface area contributed by atoms with E-state index in [9.17, 15) is 9.59 Å². The van der Waals surface area contributed by atoms with Gasteiger partial charge in [-0.05, 0) is 50.5 Å². The Bertz CT molecular complexity index is 507. The molecule has 1 aromatic rings. The van der Waals surface area contributed by atoms with Crippen molar-refractivity contribution in [2.45, 2.75) is 39.7 Å². The van der Waals surface area contributed by atoms with Gasteiger partial charge in [-0.25, -0.2) is 0 Å². The van der Waals surface area contributed by atoms with Crippen LogP contribution >= 0.6 is 11.6 Å². The van der Waals surface area contributed by atoms with Crippen molar-refractivity contribution in [1.82, 2.24) is 5.32 Å². The van der Waals surface area contributed by atoms with Crippen LogP contribution in [-0.2, 0) is 9.59 Å². The van der Waals surface area contributed by atoms with Crippen LogP contribution < -0.4 is 10.1 Å². The number of rotatable bonds is 7. The van der Waals surface area contributed by atoms with Crippen LogP contribution in [0.5, 0.6) is 5.75 Å². The number of carboxylic acids is 1. The molecular weight excluding hydrogens is 294 g/mol. The van der Waals surface area contributed by atoms with Gasteiger partial charge < -0.3 is 15.2 Å². The maximum Gasteiger partial charge on any atom is 0.325 e. The van der Waals surface area contributed by atoms with E-state index in [1.807, 2.05) is 26.0 Å². The molecule has 1 atom stereocenters. The quantitative estimate of drug-likeness (QED) is 0.759. The molecule has 0 aliphatic carbocycles. The van der Waals surface area contributed by atoms with E-state index in [2.05, 4.69) is 5.32 Å². The number of aliphatic carboxylic acids is 1. The standard InChI is InChI=1S/C15H20ClNO4/c1-9-7-12(8-10(2)14(9)16)21-6-4-5-13(18)17-11(3)15(19)20/h7-8,11H,4-6H2,1-3H3,(H,17,18)(H,19,20). The number of amides is 1. The summed E-state index contributed by atoms with van der Waals surface area (Å²) in [6, 6.07) is 2.82. The Kier molecular flexibility index (Phi) is 6.49. The van der Waals surface area contributed by atoms with Gasteiger partial charge in [-0.1, -0.05) is 11.6 Å². The number of benzene rings is 1. The summed E-state index contributed by atoms with van der Waals surface area (Å²) in [5.41, 5.74) is 1.89. The maximum atomic E-state index is 11.5. The van der Waals surface area contributed by atoms with Crippen molar-refractivity contribution in [3.63, 3.8) is 0 Å². The summed E-state index contributed by atoms with van der Waals surface area (Å²) in [5.74, 6) is -0.627. The van der Waals surface area contributed by atoms with Gasteiger partial charge >= 0.3 is 5.97 Å². The second-order valence-corrected chi connectivity index (χ2v) is 5.33. The lowest BCUT2D eigenvalue weighted by Crippen LogP contribution is -2.38. The average Bonchev–Trinajstić information content (AvgIpc) is 2.40. The number of hydrogen-bond acceptors (Lipinski definition) is 3. The number of ether oxygens (including phenoxy) is 1. The molecule has 5 nitrogen and oxygen atoms in total. The minimum absolute atomic E-state index is 0.225. The Balaban J connectivity index is 2.34. The number of carbonyl (C=O) groups is 2. The summed E-state index contributed by atoms with van der Waals surface area (Å²) in [6.45, 7) is 5.62. The zero-order valence-electron chi connectivity index (χ0n) is 12.4. The highest BCUT2D eigenvalue weighted by molar-refractivity contribution is 6.32. The van der Waals surface area contributed by atoms with Crippen LogP contribution in [0.4, 0.5) is 0 Å². The third-order valence-corrected chi connectivity index (χ3v) is 3.57. The van der Waals surface area contributed by atoms with Gasteiger partial charge in [0.25, 0.3) is 0 Å². The molecule has 116 valence electrons. The van der Waals surface area contributed by atoms with Gasteiger partial charge in [0.2, 0.25) is 5.91 Å². The monoisotopic (exact) mass is 313 g/mol. The van der Waals surface area contributed by atoms with Gasteiger partial charge in [-0.15, -0.1) is 0 Å². The second kappa shape index (κ2) is 7.88. The fourth-order valence-electron chi connectivity index (χ4n) is 1.79. The summed E-state index contributed by atoms with van der Waals surface area (Å²) in [6.07, 6.45) is 0.738. The second-order valence-electron chi connectivity index (χ2n) is 4.95. The minimum Gasteiger partial charge on any atom is -0.494 e. The van der Waals surface area contributed by atoms with E-state index in [-0.39, 0.29) is 12.3 Å². The molecule has 0 heterocycles. The molecular formula is C15H20ClNO4. The van der Waals surface area contributed by atoms with Crippen LogP contribution in [0, 0.1) is 13.8 Å². The molecule has 0 radical (unpaired) electrons. The van der Waals surface area contributed by atoms with Crippen molar-refractivity contribution in [3.8, 4) is 5.75 Å². The van der Waals surface area contributed by atoms with Crippen LogP contribution in [0.3, 0.4) is 0 Å². The molecule has 1 unspecified atom stereocenters. The van der Waals surface area contributed by atoms with Crippen LogP contribution in [0.25, 0.3) is 0 Å². The number of halogens is 1. The van der Waals surface area contributed by atoms with E-state index in [4.69, 9.17) is 21.4 Å². The molecule has 6 heteroatoms. The molecule has 21 heavy (non-hydrogen) atoms. The van der Waals surface area contributed by atoms with Gasteiger partial charge in [-0.2, -0.15) is 0 Å². The average molecular weight is 314 g/mol. The highest BCUT2D eigenvalue weighted by atomic mass is 35.5. The molecule has 0 bridgehead atoms. The first-order chi connectivity index (χ1) is 9.81. The number of hydrogen-bond donors (Lipinski definition) is 2. The van der Waals surface area contributed by atoms with Crippen molar-refractivity contribution in [3.05, 3.63) is 28.3 Å². The first-order valence-electron chi connectivity index (χ1n) is 6.73. The predicted molar refractivity (Wildman–Crippen MR) is 80.9 cm³/mol. The number of nitrogens with one attached hydrogen (secondary N) is 1. The first-order valence-corrected chi connectivity index (χ1v) is 7.10. The Labute approximate surface area is 129 Å². The van der Waals surface area contributed by atoms with Crippen molar-refractivity contribution < 1.29 is 19.4 Å². The van der Waals surface area contributed by atoms with Crippen LogP contribution in [-0.4, -0.2) is 29.6 Å².